The molecule has 0 aromatic heterocycles. The molecule has 25 heavy (non-hydrogen) atoms. The van der Waals surface area contributed by atoms with Crippen molar-refractivity contribution in [1.29, 1.82) is 0 Å². The van der Waals surface area contributed by atoms with Crippen molar-refractivity contribution in [2.45, 2.75) is 23.0 Å². The van der Waals surface area contributed by atoms with Gasteiger partial charge in [-0.25, -0.2) is 8.42 Å². The Morgan fingerprint density at radius 3 is 2.20 bits per heavy atom. The monoisotopic (exact) mass is 375 g/mol. The summed E-state index contributed by atoms with van der Waals surface area (Å²) >= 11 is 0.966. The Bertz CT molecular complexity index is 877. The molecule has 1 fully saturated rings. The molecule has 0 spiro atoms. The van der Waals surface area contributed by atoms with Crippen LogP contribution in [-0.4, -0.2) is 30.6 Å². The van der Waals surface area contributed by atoms with Crippen LogP contribution < -0.4 is 5.32 Å². The molecule has 0 saturated carbocycles. The molecular formula is C18H17NO4S2. The Labute approximate surface area is 150 Å². The molecule has 1 N–H and O–H groups in total. The standard InChI is InChI=1S/C18H17NO4S2/c20-17-16(24-18(21)19-17)12-14-6-8-15(9-7-14)25(22,23)11-10-13-4-2-1-3-5-13/h1-9,16H,10-12H2,(H,19,20,21). The maximum atomic E-state index is 12.4. The van der Waals surface area contributed by atoms with E-state index in [2.05, 4.69) is 5.32 Å². The molecule has 1 aliphatic heterocycles. The number of imide groups is 1. The first-order chi connectivity index (χ1) is 11.9. The second-order valence-electron chi connectivity index (χ2n) is 5.79. The molecule has 1 heterocycles. The average Bonchev–Trinajstić information content (AvgIpc) is 2.92. The van der Waals surface area contributed by atoms with Gasteiger partial charge in [0.05, 0.1) is 15.9 Å². The molecule has 0 aliphatic carbocycles. The van der Waals surface area contributed by atoms with Crippen molar-refractivity contribution in [3.63, 3.8) is 0 Å². The zero-order chi connectivity index (χ0) is 17.9. The van der Waals surface area contributed by atoms with Crippen LogP contribution in [0, 0.1) is 0 Å². The summed E-state index contributed by atoms with van der Waals surface area (Å²) in [4.78, 5) is 23.0. The highest BCUT2D eigenvalue weighted by Gasteiger charge is 2.31. The van der Waals surface area contributed by atoms with Gasteiger partial charge in [0.15, 0.2) is 9.84 Å². The van der Waals surface area contributed by atoms with Gasteiger partial charge in [0.1, 0.15) is 0 Å². The molecule has 0 radical (unpaired) electrons. The van der Waals surface area contributed by atoms with Gasteiger partial charge in [-0.2, -0.15) is 0 Å². The molecule has 5 nitrogen and oxygen atoms in total. The minimum atomic E-state index is -3.36. The van der Waals surface area contributed by atoms with Crippen LogP contribution in [0.2, 0.25) is 0 Å². The summed E-state index contributed by atoms with van der Waals surface area (Å²) in [5.41, 5.74) is 1.81. The minimum absolute atomic E-state index is 0.0474. The Hall–Kier alpha value is -2.12. The molecule has 2 aromatic rings. The number of carbonyl (C=O) groups excluding carboxylic acids is 2. The summed E-state index contributed by atoms with van der Waals surface area (Å²) in [5, 5.41) is 1.46. The lowest BCUT2D eigenvalue weighted by Gasteiger charge is -2.08. The Kier molecular flexibility index (Phi) is 5.24. The highest BCUT2D eigenvalue weighted by atomic mass is 32.2. The number of carbonyl (C=O) groups is 2. The number of amides is 2. The van der Waals surface area contributed by atoms with Gasteiger partial charge in [-0.1, -0.05) is 54.2 Å². The van der Waals surface area contributed by atoms with Crippen LogP contribution in [0.3, 0.4) is 0 Å². The van der Waals surface area contributed by atoms with E-state index in [1.165, 1.54) is 0 Å². The molecule has 0 bridgehead atoms. The number of rotatable bonds is 6. The molecule has 1 unspecified atom stereocenters. The topological polar surface area (TPSA) is 80.3 Å². The lowest BCUT2D eigenvalue weighted by molar-refractivity contribution is -0.118. The van der Waals surface area contributed by atoms with Gasteiger partial charge in [-0.05, 0) is 36.1 Å². The van der Waals surface area contributed by atoms with Gasteiger partial charge >= 0.3 is 0 Å². The average molecular weight is 375 g/mol. The van der Waals surface area contributed by atoms with E-state index in [9.17, 15) is 18.0 Å². The lowest BCUT2D eigenvalue weighted by atomic mass is 10.1. The van der Waals surface area contributed by atoms with Crippen molar-refractivity contribution >= 4 is 32.7 Å². The van der Waals surface area contributed by atoms with Crippen molar-refractivity contribution < 1.29 is 18.0 Å². The lowest BCUT2D eigenvalue weighted by Crippen LogP contribution is -2.25. The van der Waals surface area contributed by atoms with Crippen LogP contribution in [0.15, 0.2) is 59.5 Å². The van der Waals surface area contributed by atoms with Crippen LogP contribution in [-0.2, 0) is 27.5 Å². The van der Waals surface area contributed by atoms with Crippen molar-refractivity contribution in [3.05, 3.63) is 65.7 Å². The first-order valence-electron chi connectivity index (χ1n) is 7.81. The normalized spacial score (nSPS) is 17.5. The van der Waals surface area contributed by atoms with E-state index in [4.69, 9.17) is 0 Å². The van der Waals surface area contributed by atoms with Gasteiger partial charge in [-0.3, -0.25) is 14.9 Å². The summed E-state index contributed by atoms with van der Waals surface area (Å²) < 4.78 is 24.9. The predicted octanol–water partition coefficient (Wildman–Crippen LogP) is 2.60. The maximum Gasteiger partial charge on any atom is 0.286 e. The first-order valence-corrected chi connectivity index (χ1v) is 10.3. The molecule has 3 rings (SSSR count). The zero-order valence-corrected chi connectivity index (χ0v) is 15.0. The van der Waals surface area contributed by atoms with Crippen LogP contribution in [0.5, 0.6) is 0 Å². The smallest absolute Gasteiger partial charge is 0.286 e. The second kappa shape index (κ2) is 7.41. The molecule has 1 saturated heterocycles. The highest BCUT2D eigenvalue weighted by Crippen LogP contribution is 2.23. The minimum Gasteiger partial charge on any atom is -0.286 e. The quantitative estimate of drug-likeness (QED) is 0.839. The van der Waals surface area contributed by atoms with Gasteiger partial charge in [0.25, 0.3) is 5.24 Å². The SMILES string of the molecule is O=C1NC(=O)C(Cc2ccc(S(=O)(=O)CCc3ccccc3)cc2)S1. The Morgan fingerprint density at radius 1 is 0.920 bits per heavy atom. The number of thioether (sulfide) groups is 1. The zero-order valence-electron chi connectivity index (χ0n) is 13.3. The highest BCUT2D eigenvalue weighted by molar-refractivity contribution is 8.15. The fourth-order valence-electron chi connectivity index (χ4n) is 2.59. The fourth-order valence-corrected chi connectivity index (χ4v) is 4.74. The van der Waals surface area contributed by atoms with E-state index in [0.717, 1.165) is 22.9 Å². The Morgan fingerprint density at radius 2 is 1.60 bits per heavy atom. The first kappa shape index (κ1) is 17.7. The third-order valence-corrected chi connectivity index (χ3v) is 6.69. The largest absolute Gasteiger partial charge is 0.286 e. The maximum absolute atomic E-state index is 12.4. The number of aryl methyl sites for hydroxylation is 1. The number of nitrogens with one attached hydrogen (secondary N) is 1. The van der Waals surface area contributed by atoms with Gasteiger partial charge in [0, 0.05) is 0 Å². The van der Waals surface area contributed by atoms with E-state index in [1.54, 1.807) is 24.3 Å². The predicted molar refractivity (Wildman–Crippen MR) is 97.3 cm³/mol. The molecule has 130 valence electrons. The molecule has 1 aliphatic rings. The third-order valence-electron chi connectivity index (χ3n) is 3.97. The van der Waals surface area contributed by atoms with E-state index in [-0.39, 0.29) is 21.8 Å². The summed E-state index contributed by atoms with van der Waals surface area (Å²) in [7, 11) is -3.36. The van der Waals surface area contributed by atoms with Crippen LogP contribution in [0.1, 0.15) is 11.1 Å². The number of hydrogen-bond donors (Lipinski definition) is 1. The van der Waals surface area contributed by atoms with Crippen LogP contribution in [0.25, 0.3) is 0 Å². The summed E-state index contributed by atoms with van der Waals surface area (Å²) in [6.45, 7) is 0. The van der Waals surface area contributed by atoms with E-state index in [1.807, 2.05) is 30.3 Å². The summed E-state index contributed by atoms with van der Waals surface area (Å²) in [6.07, 6.45) is 0.860. The Balaban J connectivity index is 1.64. The van der Waals surface area contributed by atoms with E-state index in [0.29, 0.717) is 12.8 Å². The van der Waals surface area contributed by atoms with Crippen LogP contribution >= 0.6 is 11.8 Å². The van der Waals surface area contributed by atoms with Crippen molar-refractivity contribution in [3.8, 4) is 0 Å². The number of benzene rings is 2. The molecule has 7 heteroatoms. The van der Waals surface area contributed by atoms with E-state index >= 15 is 0 Å². The van der Waals surface area contributed by atoms with Gasteiger partial charge < -0.3 is 0 Å². The van der Waals surface area contributed by atoms with Crippen molar-refractivity contribution in [1.82, 2.24) is 5.32 Å². The number of sulfone groups is 1. The molecule has 2 aromatic carbocycles. The van der Waals surface area contributed by atoms with E-state index < -0.39 is 15.1 Å². The molecule has 1 atom stereocenters. The van der Waals surface area contributed by atoms with Crippen LogP contribution in [0.4, 0.5) is 4.79 Å². The second-order valence-corrected chi connectivity index (χ2v) is 9.07. The molecular weight excluding hydrogens is 358 g/mol. The summed E-state index contributed by atoms with van der Waals surface area (Å²) in [6, 6.07) is 16.0. The van der Waals surface area contributed by atoms with Gasteiger partial charge in [-0.15, -0.1) is 0 Å². The third kappa shape index (κ3) is 4.49. The fraction of sp³-hybridized carbons (Fsp3) is 0.222. The van der Waals surface area contributed by atoms with Gasteiger partial charge in [0.2, 0.25) is 5.91 Å². The van der Waals surface area contributed by atoms with Crippen molar-refractivity contribution in [2.75, 3.05) is 5.75 Å². The number of hydrogen-bond acceptors (Lipinski definition) is 5. The van der Waals surface area contributed by atoms with Crippen molar-refractivity contribution in [2.24, 2.45) is 0 Å². The summed E-state index contributed by atoms with van der Waals surface area (Å²) in [5.74, 6) is -0.249. The molecule has 2 amide bonds.